The maximum Gasteiger partial charge on any atom is 0.251 e. The van der Waals surface area contributed by atoms with Gasteiger partial charge in [0.05, 0.1) is 12.2 Å². The van der Waals surface area contributed by atoms with E-state index in [9.17, 15) is 9.59 Å². The predicted octanol–water partition coefficient (Wildman–Crippen LogP) is 2.84. The summed E-state index contributed by atoms with van der Waals surface area (Å²) in [6, 6.07) is 14.1. The number of rotatable bonds is 7. The van der Waals surface area contributed by atoms with Gasteiger partial charge in [-0.3, -0.25) is 14.6 Å². The second kappa shape index (κ2) is 8.83. The lowest BCUT2D eigenvalue weighted by atomic mass is 10.2. The first kappa shape index (κ1) is 19.8. The number of aromatic nitrogens is 2. The van der Waals surface area contributed by atoms with E-state index in [1.165, 1.54) is 0 Å². The van der Waals surface area contributed by atoms with Gasteiger partial charge >= 0.3 is 0 Å². The Balaban J connectivity index is 1.72. The summed E-state index contributed by atoms with van der Waals surface area (Å²) in [4.78, 5) is 31.6. The molecule has 8 nitrogen and oxygen atoms in total. The standard InChI is InChI=1S/C21H21N5O3/c1-13-6-7-18(14(2)25-13)29-17-8-9-23-20(11-17)26-16-5-3-4-15(10-16)21(28)24-12-19(22)27/h3-11H,12H2,1-2H3,(H2,22,27)(H,23,26)(H,24,28). The molecule has 0 saturated heterocycles. The Morgan fingerprint density at radius 3 is 2.69 bits per heavy atom. The highest BCUT2D eigenvalue weighted by Gasteiger charge is 2.08. The summed E-state index contributed by atoms with van der Waals surface area (Å²) < 4.78 is 5.91. The second-order valence-corrected chi connectivity index (χ2v) is 6.37. The molecular formula is C21H21N5O3. The van der Waals surface area contributed by atoms with Crippen LogP contribution in [0, 0.1) is 13.8 Å². The van der Waals surface area contributed by atoms with Crippen LogP contribution in [0.5, 0.6) is 11.5 Å². The number of nitrogens with one attached hydrogen (secondary N) is 2. The van der Waals surface area contributed by atoms with Crippen LogP contribution in [0.3, 0.4) is 0 Å². The van der Waals surface area contributed by atoms with Crippen molar-refractivity contribution in [3.05, 3.63) is 71.7 Å². The van der Waals surface area contributed by atoms with Gasteiger partial charge in [0.15, 0.2) is 0 Å². The Morgan fingerprint density at radius 2 is 1.93 bits per heavy atom. The number of carbonyl (C=O) groups excluding carboxylic acids is 2. The van der Waals surface area contributed by atoms with Crippen molar-refractivity contribution in [3.8, 4) is 11.5 Å². The van der Waals surface area contributed by atoms with Gasteiger partial charge in [-0.2, -0.15) is 0 Å². The quantitative estimate of drug-likeness (QED) is 0.570. The predicted molar refractivity (Wildman–Crippen MR) is 109 cm³/mol. The molecule has 0 aliphatic carbocycles. The van der Waals surface area contributed by atoms with Gasteiger partial charge in [-0.15, -0.1) is 0 Å². The summed E-state index contributed by atoms with van der Waals surface area (Å²) in [5, 5.41) is 5.59. The number of hydrogen-bond donors (Lipinski definition) is 3. The number of amides is 2. The number of primary amides is 1. The van der Waals surface area contributed by atoms with Crippen molar-refractivity contribution in [1.29, 1.82) is 0 Å². The van der Waals surface area contributed by atoms with Gasteiger partial charge < -0.3 is 21.1 Å². The number of anilines is 2. The molecule has 148 valence electrons. The highest BCUT2D eigenvalue weighted by atomic mass is 16.5. The number of carbonyl (C=O) groups is 2. The largest absolute Gasteiger partial charge is 0.455 e. The summed E-state index contributed by atoms with van der Waals surface area (Å²) in [7, 11) is 0. The molecule has 2 aromatic heterocycles. The molecule has 3 aromatic rings. The fourth-order valence-corrected chi connectivity index (χ4v) is 2.61. The second-order valence-electron chi connectivity index (χ2n) is 6.37. The lowest BCUT2D eigenvalue weighted by Gasteiger charge is -2.11. The van der Waals surface area contributed by atoms with Crippen molar-refractivity contribution in [2.24, 2.45) is 5.73 Å². The minimum absolute atomic E-state index is 0.218. The van der Waals surface area contributed by atoms with Crippen LogP contribution in [-0.2, 0) is 4.79 Å². The minimum atomic E-state index is -0.604. The van der Waals surface area contributed by atoms with Crippen LogP contribution < -0.4 is 21.1 Å². The van der Waals surface area contributed by atoms with Crippen molar-refractivity contribution in [1.82, 2.24) is 15.3 Å². The van der Waals surface area contributed by atoms with Gasteiger partial charge in [0.2, 0.25) is 5.91 Å². The lowest BCUT2D eigenvalue weighted by Crippen LogP contribution is -2.33. The highest BCUT2D eigenvalue weighted by molar-refractivity contribution is 5.97. The van der Waals surface area contributed by atoms with E-state index >= 15 is 0 Å². The molecule has 0 bridgehead atoms. The molecule has 0 radical (unpaired) electrons. The first-order valence-corrected chi connectivity index (χ1v) is 8.92. The number of ether oxygens (including phenoxy) is 1. The number of nitrogens with two attached hydrogens (primary N) is 1. The highest BCUT2D eigenvalue weighted by Crippen LogP contribution is 2.26. The van der Waals surface area contributed by atoms with Crippen molar-refractivity contribution < 1.29 is 14.3 Å². The van der Waals surface area contributed by atoms with Gasteiger partial charge in [-0.25, -0.2) is 4.98 Å². The third kappa shape index (κ3) is 5.52. The molecule has 8 heteroatoms. The molecule has 0 aliphatic heterocycles. The summed E-state index contributed by atoms with van der Waals surface area (Å²) in [6.07, 6.45) is 1.62. The first-order valence-electron chi connectivity index (χ1n) is 8.92. The number of nitrogens with zero attached hydrogens (tertiary/aromatic N) is 2. The van der Waals surface area contributed by atoms with Crippen LogP contribution in [0.25, 0.3) is 0 Å². The number of hydrogen-bond acceptors (Lipinski definition) is 6. The minimum Gasteiger partial charge on any atom is -0.455 e. The van der Waals surface area contributed by atoms with E-state index in [1.807, 2.05) is 26.0 Å². The lowest BCUT2D eigenvalue weighted by molar-refractivity contribution is -0.117. The van der Waals surface area contributed by atoms with Crippen LogP contribution in [0.4, 0.5) is 11.5 Å². The van der Waals surface area contributed by atoms with Gasteiger partial charge in [0.25, 0.3) is 5.91 Å². The van der Waals surface area contributed by atoms with E-state index in [0.717, 1.165) is 11.4 Å². The van der Waals surface area contributed by atoms with Gasteiger partial charge in [0.1, 0.15) is 17.3 Å². The number of pyridine rings is 2. The third-order valence-corrected chi connectivity index (χ3v) is 3.96. The average molecular weight is 391 g/mol. The van der Waals surface area contributed by atoms with Crippen molar-refractivity contribution >= 4 is 23.3 Å². The van der Waals surface area contributed by atoms with E-state index in [1.54, 1.807) is 42.6 Å². The maximum absolute atomic E-state index is 12.1. The Bertz CT molecular complexity index is 1050. The molecule has 2 amide bonds. The molecule has 0 unspecified atom stereocenters. The summed E-state index contributed by atoms with van der Waals surface area (Å²) in [5.41, 5.74) is 7.82. The van der Waals surface area contributed by atoms with Gasteiger partial charge in [-0.05, 0) is 50.2 Å². The monoisotopic (exact) mass is 391 g/mol. The van der Waals surface area contributed by atoms with E-state index in [4.69, 9.17) is 10.5 Å². The molecule has 1 aromatic carbocycles. The molecule has 0 fully saturated rings. The molecule has 29 heavy (non-hydrogen) atoms. The van der Waals surface area contributed by atoms with E-state index in [0.29, 0.717) is 28.6 Å². The van der Waals surface area contributed by atoms with Crippen molar-refractivity contribution in [2.45, 2.75) is 13.8 Å². The fraction of sp³-hybridized carbons (Fsp3) is 0.143. The summed E-state index contributed by atoms with van der Waals surface area (Å²) in [5.74, 6) is 0.829. The van der Waals surface area contributed by atoms with Gasteiger partial charge in [0, 0.05) is 29.2 Å². The number of aryl methyl sites for hydroxylation is 2. The number of benzene rings is 1. The molecule has 0 spiro atoms. The Hall–Kier alpha value is -3.94. The van der Waals surface area contributed by atoms with Crippen LogP contribution in [0.2, 0.25) is 0 Å². The van der Waals surface area contributed by atoms with Crippen LogP contribution in [0.1, 0.15) is 21.7 Å². The van der Waals surface area contributed by atoms with E-state index in [-0.39, 0.29) is 12.5 Å². The molecular weight excluding hydrogens is 370 g/mol. The normalized spacial score (nSPS) is 10.3. The molecule has 4 N–H and O–H groups in total. The fourth-order valence-electron chi connectivity index (χ4n) is 2.61. The first-order chi connectivity index (χ1) is 13.9. The van der Waals surface area contributed by atoms with Crippen molar-refractivity contribution in [3.63, 3.8) is 0 Å². The molecule has 3 rings (SSSR count). The van der Waals surface area contributed by atoms with E-state index < -0.39 is 5.91 Å². The molecule has 0 aliphatic rings. The zero-order chi connectivity index (χ0) is 20.8. The summed E-state index contributed by atoms with van der Waals surface area (Å²) >= 11 is 0. The molecule has 0 saturated carbocycles. The van der Waals surface area contributed by atoms with Gasteiger partial charge in [-0.1, -0.05) is 6.07 Å². The Kier molecular flexibility index (Phi) is 6.03. The molecule has 0 atom stereocenters. The zero-order valence-electron chi connectivity index (χ0n) is 16.1. The van der Waals surface area contributed by atoms with Crippen LogP contribution in [-0.4, -0.2) is 28.3 Å². The third-order valence-electron chi connectivity index (χ3n) is 3.96. The average Bonchev–Trinajstić information content (AvgIpc) is 2.69. The van der Waals surface area contributed by atoms with Crippen LogP contribution >= 0.6 is 0 Å². The Labute approximate surface area is 168 Å². The zero-order valence-corrected chi connectivity index (χ0v) is 16.1. The Morgan fingerprint density at radius 1 is 1.10 bits per heavy atom. The molecule has 2 heterocycles. The van der Waals surface area contributed by atoms with Crippen molar-refractivity contribution in [2.75, 3.05) is 11.9 Å². The van der Waals surface area contributed by atoms with E-state index in [2.05, 4.69) is 20.6 Å². The summed E-state index contributed by atoms with van der Waals surface area (Å²) in [6.45, 7) is 3.59. The topological polar surface area (TPSA) is 119 Å². The van der Waals surface area contributed by atoms with Crippen LogP contribution in [0.15, 0.2) is 54.7 Å². The SMILES string of the molecule is Cc1ccc(Oc2ccnc(Nc3cccc(C(=O)NCC(N)=O)c3)c2)c(C)n1. The smallest absolute Gasteiger partial charge is 0.251 e. The maximum atomic E-state index is 12.1.